The molecule has 1 aromatic heterocycles. The summed E-state index contributed by atoms with van der Waals surface area (Å²) in [6.45, 7) is 2.23. The summed E-state index contributed by atoms with van der Waals surface area (Å²) in [5.74, 6) is -0.498. The Morgan fingerprint density at radius 3 is 2.62 bits per heavy atom. The van der Waals surface area contributed by atoms with E-state index in [0.717, 1.165) is 22.1 Å². The molecule has 3 aromatic carbocycles. The van der Waals surface area contributed by atoms with E-state index in [1.54, 1.807) is 43.5 Å². The average molecular weight is 543 g/mol. The minimum atomic E-state index is -3.90. The number of ether oxygens (including phenoxy) is 1. The highest BCUT2D eigenvalue weighted by molar-refractivity contribution is 7.91. The van der Waals surface area contributed by atoms with Crippen LogP contribution in [0.5, 0.6) is 5.75 Å². The van der Waals surface area contributed by atoms with Crippen LogP contribution in [0.1, 0.15) is 35.6 Å². The van der Waals surface area contributed by atoms with Crippen LogP contribution in [0.3, 0.4) is 0 Å². The third kappa shape index (κ3) is 5.13. The fourth-order valence-corrected chi connectivity index (χ4v) is 6.67. The number of hydrogen-bond acceptors (Lipinski definition) is 5. The van der Waals surface area contributed by atoms with Crippen LogP contribution in [-0.4, -0.2) is 28.2 Å². The first-order chi connectivity index (χ1) is 18.7. The number of nitrogens with two attached hydrogens (primary N) is 1. The van der Waals surface area contributed by atoms with Crippen molar-refractivity contribution in [3.63, 3.8) is 0 Å². The molecule has 1 heterocycles. The van der Waals surface area contributed by atoms with Crippen LogP contribution in [0.25, 0.3) is 16.5 Å². The van der Waals surface area contributed by atoms with Crippen molar-refractivity contribution in [2.75, 3.05) is 0 Å². The van der Waals surface area contributed by atoms with Crippen molar-refractivity contribution in [2.45, 2.75) is 37.7 Å². The minimum absolute atomic E-state index is 0.0866. The summed E-state index contributed by atoms with van der Waals surface area (Å²) in [6, 6.07) is 22.1. The van der Waals surface area contributed by atoms with Gasteiger partial charge < -0.3 is 15.6 Å². The number of carboxylic acid groups (broad SMARTS) is 1. The van der Waals surface area contributed by atoms with Crippen LogP contribution in [0, 0.1) is 0 Å². The summed E-state index contributed by atoms with van der Waals surface area (Å²) >= 11 is 0. The number of carboxylic acids is 1. The molecule has 5 rings (SSSR count). The van der Waals surface area contributed by atoms with E-state index < -0.39 is 20.7 Å². The lowest BCUT2D eigenvalue weighted by molar-refractivity contribution is -0.136. The van der Waals surface area contributed by atoms with Crippen LogP contribution in [-0.2, 0) is 34.4 Å². The molecule has 200 valence electrons. The minimum Gasteiger partial charge on any atom is -0.489 e. The fraction of sp³-hybridized carbons (Fsp3) is 0.194. The van der Waals surface area contributed by atoms with Gasteiger partial charge >= 0.3 is 5.97 Å². The van der Waals surface area contributed by atoms with Gasteiger partial charge in [-0.3, -0.25) is 4.79 Å². The number of benzene rings is 3. The molecule has 1 unspecified atom stereocenters. The summed E-state index contributed by atoms with van der Waals surface area (Å²) in [4.78, 5) is 11.3. The second-order valence-electron chi connectivity index (χ2n) is 9.86. The number of fused-ring (bicyclic) bond motifs is 1. The van der Waals surface area contributed by atoms with Gasteiger partial charge in [0, 0.05) is 29.3 Å². The van der Waals surface area contributed by atoms with Crippen molar-refractivity contribution in [3.05, 3.63) is 119 Å². The number of nitrogens with zero attached hydrogens (tertiary/aromatic N) is 1. The Morgan fingerprint density at radius 2 is 1.82 bits per heavy atom. The van der Waals surface area contributed by atoms with E-state index in [-0.39, 0.29) is 13.0 Å². The molecule has 1 aliphatic carbocycles. The molecule has 0 radical (unpaired) electrons. The largest absolute Gasteiger partial charge is 0.489 e. The summed E-state index contributed by atoms with van der Waals surface area (Å²) < 4.78 is 34.7. The zero-order valence-corrected chi connectivity index (χ0v) is 22.4. The predicted molar refractivity (Wildman–Crippen MR) is 153 cm³/mol. The number of allylic oxidation sites excluding steroid dienone is 3. The summed E-state index contributed by atoms with van der Waals surface area (Å²) in [6.07, 6.45) is 7.46. The summed E-state index contributed by atoms with van der Waals surface area (Å²) in [5, 5.41) is 9.99. The maximum atomic E-state index is 14.2. The monoisotopic (exact) mass is 542 g/mol. The molecule has 39 heavy (non-hydrogen) atoms. The van der Waals surface area contributed by atoms with Crippen LogP contribution in [0.15, 0.2) is 97.2 Å². The van der Waals surface area contributed by atoms with Crippen molar-refractivity contribution in [2.24, 2.45) is 5.73 Å². The Hall–Kier alpha value is -4.14. The Bertz CT molecular complexity index is 1720. The molecule has 0 saturated carbocycles. The number of rotatable bonds is 9. The molecule has 0 amide bonds. The highest BCUT2D eigenvalue weighted by atomic mass is 32.2. The molecular formula is C31H30N2O5S. The second kappa shape index (κ2) is 10.6. The molecule has 1 atom stereocenters. The highest BCUT2D eigenvalue weighted by Gasteiger charge is 2.40. The molecular weight excluding hydrogens is 512 g/mol. The first-order valence-electron chi connectivity index (χ1n) is 12.7. The van der Waals surface area contributed by atoms with Crippen molar-refractivity contribution in [3.8, 4) is 5.75 Å². The average Bonchev–Trinajstić information content (AvgIpc) is 3.32. The molecule has 0 spiro atoms. The van der Waals surface area contributed by atoms with Gasteiger partial charge in [0.15, 0.2) is 0 Å². The van der Waals surface area contributed by atoms with E-state index in [9.17, 15) is 18.3 Å². The first-order valence-corrected chi connectivity index (χ1v) is 14.1. The molecule has 1 aliphatic rings. The van der Waals surface area contributed by atoms with Gasteiger partial charge in [0.2, 0.25) is 10.0 Å². The second-order valence-corrected chi connectivity index (χ2v) is 12.1. The van der Waals surface area contributed by atoms with Crippen molar-refractivity contribution in [1.29, 1.82) is 0 Å². The fourth-order valence-electron chi connectivity index (χ4n) is 4.96. The lowest BCUT2D eigenvalue weighted by Crippen LogP contribution is -2.38. The lowest BCUT2D eigenvalue weighted by atomic mass is 9.92. The Kier molecular flexibility index (Phi) is 7.16. The normalized spacial score (nSPS) is 17.2. The Morgan fingerprint density at radius 1 is 1.05 bits per heavy atom. The number of para-hydroxylation sites is 2. The van der Waals surface area contributed by atoms with Gasteiger partial charge in [-0.1, -0.05) is 72.8 Å². The molecule has 4 aromatic rings. The number of aromatic nitrogens is 1. The molecule has 0 aliphatic heterocycles. The molecule has 0 bridgehead atoms. The maximum Gasteiger partial charge on any atom is 0.307 e. The van der Waals surface area contributed by atoms with E-state index in [1.165, 1.54) is 3.97 Å². The van der Waals surface area contributed by atoms with E-state index in [4.69, 9.17) is 10.5 Å². The van der Waals surface area contributed by atoms with Crippen molar-refractivity contribution in [1.82, 2.24) is 3.97 Å². The van der Waals surface area contributed by atoms with Gasteiger partial charge in [-0.25, -0.2) is 12.4 Å². The van der Waals surface area contributed by atoms with E-state index in [0.29, 0.717) is 35.4 Å². The zero-order chi connectivity index (χ0) is 27.6. The maximum absolute atomic E-state index is 14.2. The van der Waals surface area contributed by atoms with Gasteiger partial charge in [-0.2, -0.15) is 0 Å². The summed E-state index contributed by atoms with van der Waals surface area (Å²) in [7, 11) is -3.90. The molecule has 0 saturated heterocycles. The third-order valence-electron chi connectivity index (χ3n) is 7.08. The zero-order valence-electron chi connectivity index (χ0n) is 21.6. The van der Waals surface area contributed by atoms with Gasteiger partial charge in [0.1, 0.15) is 17.1 Å². The number of carbonyl (C=O) groups is 1. The first kappa shape index (κ1) is 26.5. The van der Waals surface area contributed by atoms with Crippen LogP contribution in [0.2, 0.25) is 0 Å². The van der Waals surface area contributed by atoms with E-state index in [1.807, 2.05) is 60.7 Å². The van der Waals surface area contributed by atoms with Gasteiger partial charge in [0.05, 0.1) is 11.9 Å². The number of aliphatic carboxylic acids is 1. The van der Waals surface area contributed by atoms with Gasteiger partial charge in [-0.15, -0.1) is 0 Å². The lowest BCUT2D eigenvalue weighted by Gasteiger charge is -2.29. The molecule has 7 nitrogen and oxygen atoms in total. The van der Waals surface area contributed by atoms with Crippen LogP contribution in [0.4, 0.5) is 0 Å². The predicted octanol–water partition coefficient (Wildman–Crippen LogP) is 5.29. The SMILES string of the molecule is CC1(S(=O)(=O)n2cc(COc3ccccc3CC(=O)O)c3ccccc32)C=C(c2cccc(CN)c2)C=CC1. The Labute approximate surface area is 227 Å². The van der Waals surface area contributed by atoms with Crippen molar-refractivity contribution < 1.29 is 23.1 Å². The topological polar surface area (TPSA) is 112 Å². The van der Waals surface area contributed by atoms with E-state index in [2.05, 4.69) is 0 Å². The van der Waals surface area contributed by atoms with Crippen LogP contribution < -0.4 is 10.5 Å². The van der Waals surface area contributed by atoms with E-state index >= 15 is 0 Å². The third-order valence-corrected chi connectivity index (χ3v) is 9.37. The standard InChI is InChI=1S/C31H30N2O5S/c1-31(15-7-11-25(18-31)23-10-6-8-22(16-23)19-32)39(36,37)33-20-26(27-12-3-4-13-28(27)33)21-38-29-14-5-2-9-24(29)17-30(34)35/h2-14,16,18,20H,15,17,19,21,32H2,1H3,(H,34,35). The van der Waals surface area contributed by atoms with Crippen LogP contribution >= 0.6 is 0 Å². The molecule has 0 fully saturated rings. The highest BCUT2D eigenvalue weighted by Crippen LogP contribution is 2.37. The molecule has 8 heteroatoms. The Balaban J connectivity index is 1.52. The quantitative estimate of drug-likeness (QED) is 0.297. The van der Waals surface area contributed by atoms with Gasteiger partial charge in [-0.05, 0) is 48.2 Å². The van der Waals surface area contributed by atoms with Crippen molar-refractivity contribution >= 4 is 32.5 Å². The summed E-state index contributed by atoms with van der Waals surface area (Å²) in [5.41, 5.74) is 10.3. The molecule has 3 N–H and O–H groups in total. The van der Waals surface area contributed by atoms with Gasteiger partial charge in [0.25, 0.3) is 0 Å². The smallest absolute Gasteiger partial charge is 0.307 e. The number of hydrogen-bond donors (Lipinski definition) is 2.